The van der Waals surface area contributed by atoms with Crippen LogP contribution in [0.1, 0.15) is 65.7 Å². The number of nitrogens with one attached hydrogen (secondary N) is 1. The lowest BCUT2D eigenvalue weighted by atomic mass is 9.88. The van der Waals surface area contributed by atoms with Gasteiger partial charge in [-0.25, -0.2) is 0 Å². The summed E-state index contributed by atoms with van der Waals surface area (Å²) in [6.45, 7) is 11.0. The lowest BCUT2D eigenvalue weighted by Crippen LogP contribution is -2.47. The van der Waals surface area contributed by atoms with Gasteiger partial charge in [-0.1, -0.05) is 33.1 Å². The second kappa shape index (κ2) is 7.64. The molecule has 0 bridgehead atoms. The topological polar surface area (TPSA) is 15.3 Å². The monoisotopic (exact) mass is 266 g/mol. The third-order valence-electron chi connectivity index (χ3n) is 5.63. The van der Waals surface area contributed by atoms with Gasteiger partial charge in [-0.15, -0.1) is 0 Å². The fraction of sp³-hybridized carbons (Fsp3) is 1.00. The van der Waals surface area contributed by atoms with Crippen molar-refractivity contribution >= 4 is 0 Å². The first-order valence-electron chi connectivity index (χ1n) is 8.69. The molecule has 1 aliphatic heterocycles. The van der Waals surface area contributed by atoms with Crippen molar-refractivity contribution in [2.45, 2.75) is 77.8 Å². The minimum atomic E-state index is 0.713. The molecule has 112 valence electrons. The predicted molar refractivity (Wildman–Crippen MR) is 83.5 cm³/mol. The molecule has 1 saturated carbocycles. The highest BCUT2D eigenvalue weighted by molar-refractivity contribution is 4.84. The summed E-state index contributed by atoms with van der Waals surface area (Å²) in [6.07, 6.45) is 9.95. The Balaban J connectivity index is 1.78. The number of hydrogen-bond donors (Lipinski definition) is 1. The lowest BCUT2D eigenvalue weighted by molar-refractivity contribution is 0.158. The maximum atomic E-state index is 3.99. The van der Waals surface area contributed by atoms with E-state index in [1.165, 1.54) is 64.6 Å². The molecule has 1 saturated heterocycles. The average molecular weight is 266 g/mol. The maximum Gasteiger partial charge on any atom is 0.00952 e. The van der Waals surface area contributed by atoms with E-state index in [0.29, 0.717) is 6.04 Å². The van der Waals surface area contributed by atoms with Gasteiger partial charge in [-0.05, 0) is 64.1 Å². The molecule has 3 atom stereocenters. The van der Waals surface area contributed by atoms with Crippen molar-refractivity contribution in [3.8, 4) is 0 Å². The molecule has 1 heterocycles. The molecule has 2 nitrogen and oxygen atoms in total. The minimum absolute atomic E-state index is 0.713. The molecule has 2 fully saturated rings. The van der Waals surface area contributed by atoms with Crippen LogP contribution in [0.15, 0.2) is 0 Å². The zero-order valence-electron chi connectivity index (χ0n) is 13.3. The van der Waals surface area contributed by atoms with Gasteiger partial charge in [0.15, 0.2) is 0 Å². The molecule has 3 unspecified atom stereocenters. The van der Waals surface area contributed by atoms with Crippen LogP contribution in [0.2, 0.25) is 0 Å². The molecule has 0 amide bonds. The van der Waals surface area contributed by atoms with Crippen LogP contribution in [0.4, 0.5) is 0 Å². The van der Waals surface area contributed by atoms with E-state index in [1.54, 1.807) is 0 Å². The van der Waals surface area contributed by atoms with Crippen LogP contribution in [-0.2, 0) is 0 Å². The Hall–Kier alpha value is -0.0800. The Bertz CT molecular complexity index is 246. The highest BCUT2D eigenvalue weighted by Gasteiger charge is 2.27. The summed E-state index contributed by atoms with van der Waals surface area (Å²) in [4.78, 5) is 2.59. The third kappa shape index (κ3) is 4.46. The number of likely N-dealkylation sites (tertiary alicyclic amines) is 1. The lowest BCUT2D eigenvalue weighted by Gasteiger charge is -2.37. The summed E-state index contributed by atoms with van der Waals surface area (Å²) in [5.41, 5.74) is 0. The fourth-order valence-electron chi connectivity index (χ4n) is 3.98. The van der Waals surface area contributed by atoms with Gasteiger partial charge in [0.2, 0.25) is 0 Å². The number of piperidine rings is 1. The van der Waals surface area contributed by atoms with Gasteiger partial charge in [-0.3, -0.25) is 0 Å². The molecule has 2 rings (SSSR count). The summed E-state index contributed by atoms with van der Waals surface area (Å²) >= 11 is 0. The van der Waals surface area contributed by atoms with Crippen molar-refractivity contribution in [2.24, 2.45) is 11.8 Å². The van der Waals surface area contributed by atoms with Crippen LogP contribution >= 0.6 is 0 Å². The Morgan fingerprint density at radius 1 is 1.05 bits per heavy atom. The highest BCUT2D eigenvalue weighted by atomic mass is 15.1. The molecular formula is C17H34N2. The minimum Gasteiger partial charge on any atom is -0.311 e. The number of rotatable bonds is 4. The zero-order valence-corrected chi connectivity index (χ0v) is 13.3. The molecule has 1 N–H and O–H groups in total. The third-order valence-corrected chi connectivity index (χ3v) is 5.63. The van der Waals surface area contributed by atoms with Crippen molar-refractivity contribution in [3.05, 3.63) is 0 Å². The summed E-state index contributed by atoms with van der Waals surface area (Å²) in [6, 6.07) is 1.49. The first-order valence-corrected chi connectivity index (χ1v) is 8.69. The van der Waals surface area contributed by atoms with Crippen LogP contribution in [-0.4, -0.2) is 36.6 Å². The van der Waals surface area contributed by atoms with Crippen molar-refractivity contribution < 1.29 is 0 Å². The Labute approximate surface area is 120 Å². The Morgan fingerprint density at radius 3 is 2.42 bits per heavy atom. The first kappa shape index (κ1) is 15.3. The molecule has 0 radical (unpaired) electrons. The molecule has 19 heavy (non-hydrogen) atoms. The van der Waals surface area contributed by atoms with Crippen molar-refractivity contribution in [1.82, 2.24) is 10.2 Å². The van der Waals surface area contributed by atoms with E-state index in [4.69, 9.17) is 0 Å². The van der Waals surface area contributed by atoms with E-state index in [1.807, 2.05) is 0 Å². The smallest absolute Gasteiger partial charge is 0.00952 e. The van der Waals surface area contributed by atoms with E-state index in [9.17, 15) is 0 Å². The van der Waals surface area contributed by atoms with Gasteiger partial charge in [0.05, 0.1) is 0 Å². The molecule has 0 aromatic heterocycles. The number of hydrogen-bond acceptors (Lipinski definition) is 2. The molecule has 0 aromatic rings. The molecule has 2 heteroatoms. The summed E-state index contributed by atoms with van der Waals surface area (Å²) in [5.74, 6) is 1.78. The molecule has 0 spiro atoms. The Kier molecular flexibility index (Phi) is 6.15. The van der Waals surface area contributed by atoms with Crippen LogP contribution < -0.4 is 5.32 Å². The van der Waals surface area contributed by atoms with Gasteiger partial charge < -0.3 is 10.2 Å². The van der Waals surface area contributed by atoms with E-state index < -0.39 is 0 Å². The molecule has 0 aromatic carbocycles. The van der Waals surface area contributed by atoms with Gasteiger partial charge >= 0.3 is 0 Å². The quantitative estimate of drug-likeness (QED) is 0.781. The Morgan fingerprint density at radius 2 is 1.74 bits per heavy atom. The van der Waals surface area contributed by atoms with Gasteiger partial charge in [-0.2, -0.15) is 0 Å². The van der Waals surface area contributed by atoms with Crippen LogP contribution in [0.5, 0.6) is 0 Å². The van der Waals surface area contributed by atoms with E-state index in [0.717, 1.165) is 17.9 Å². The first-order chi connectivity index (χ1) is 9.20. The summed E-state index contributed by atoms with van der Waals surface area (Å²) < 4.78 is 0. The predicted octanol–water partition coefficient (Wildman–Crippen LogP) is 3.67. The highest BCUT2D eigenvalue weighted by Crippen LogP contribution is 2.26. The largest absolute Gasteiger partial charge is 0.311 e. The van der Waals surface area contributed by atoms with Crippen molar-refractivity contribution in [3.63, 3.8) is 0 Å². The average Bonchev–Trinajstić information content (AvgIpc) is 2.64. The second-order valence-electron chi connectivity index (χ2n) is 6.95. The van der Waals surface area contributed by atoms with E-state index >= 15 is 0 Å². The maximum absolute atomic E-state index is 3.99. The van der Waals surface area contributed by atoms with Gasteiger partial charge in [0.25, 0.3) is 0 Å². The van der Waals surface area contributed by atoms with Gasteiger partial charge in [0, 0.05) is 12.1 Å². The van der Waals surface area contributed by atoms with E-state index in [-0.39, 0.29) is 0 Å². The van der Waals surface area contributed by atoms with Gasteiger partial charge in [0.1, 0.15) is 0 Å². The standard InChI is InChI=1S/C17H34N2/c1-4-19-12-10-16(11-13-19)15(3)18-17-9-7-5-6-8-14(17)2/h14-18H,4-13H2,1-3H3. The molecular weight excluding hydrogens is 232 g/mol. The van der Waals surface area contributed by atoms with Crippen LogP contribution in [0, 0.1) is 11.8 Å². The summed E-state index contributed by atoms with van der Waals surface area (Å²) in [5, 5.41) is 3.99. The number of nitrogens with zero attached hydrogens (tertiary/aromatic N) is 1. The summed E-state index contributed by atoms with van der Waals surface area (Å²) in [7, 11) is 0. The van der Waals surface area contributed by atoms with Crippen molar-refractivity contribution in [2.75, 3.05) is 19.6 Å². The molecule has 2 aliphatic rings. The van der Waals surface area contributed by atoms with Crippen LogP contribution in [0.3, 0.4) is 0 Å². The molecule has 1 aliphatic carbocycles. The van der Waals surface area contributed by atoms with Crippen LogP contribution in [0.25, 0.3) is 0 Å². The fourth-order valence-corrected chi connectivity index (χ4v) is 3.98. The SMILES string of the molecule is CCN1CCC(C(C)NC2CCCCCC2C)CC1. The van der Waals surface area contributed by atoms with Crippen molar-refractivity contribution in [1.29, 1.82) is 0 Å². The normalized spacial score (nSPS) is 33.0. The van der Waals surface area contributed by atoms with E-state index in [2.05, 4.69) is 31.0 Å². The zero-order chi connectivity index (χ0) is 13.7. The second-order valence-corrected chi connectivity index (χ2v) is 6.95.